The molecular weight excluding hydrogens is 368 g/mol. The Bertz CT molecular complexity index is 998. The molecular formula is C23H24N2O4. The van der Waals surface area contributed by atoms with E-state index >= 15 is 0 Å². The van der Waals surface area contributed by atoms with Gasteiger partial charge in [-0.25, -0.2) is 0 Å². The van der Waals surface area contributed by atoms with Gasteiger partial charge in [0.1, 0.15) is 11.7 Å². The lowest BCUT2D eigenvalue weighted by atomic mass is 9.75. The van der Waals surface area contributed by atoms with Gasteiger partial charge in [-0.15, -0.1) is 0 Å². The molecule has 6 heteroatoms. The van der Waals surface area contributed by atoms with Crippen LogP contribution in [0, 0.1) is 11.8 Å². The van der Waals surface area contributed by atoms with Crippen LogP contribution in [0.4, 0.5) is 11.4 Å². The molecule has 2 N–H and O–H groups in total. The lowest BCUT2D eigenvalue weighted by molar-refractivity contribution is -0.151. The van der Waals surface area contributed by atoms with E-state index in [2.05, 4.69) is 10.6 Å². The second-order valence-corrected chi connectivity index (χ2v) is 7.46. The zero-order valence-electron chi connectivity index (χ0n) is 16.7. The van der Waals surface area contributed by atoms with Gasteiger partial charge in [0, 0.05) is 11.3 Å². The summed E-state index contributed by atoms with van der Waals surface area (Å²) in [5, 5.41) is 6.94. The Balaban J connectivity index is 1.87. The number of carbonyl (C=O) groups is 2. The lowest BCUT2D eigenvalue weighted by Crippen LogP contribution is -2.39. The van der Waals surface area contributed by atoms with Crippen molar-refractivity contribution in [3.05, 3.63) is 65.4 Å². The van der Waals surface area contributed by atoms with Gasteiger partial charge < -0.3 is 20.1 Å². The van der Waals surface area contributed by atoms with Crippen molar-refractivity contribution in [1.29, 1.82) is 0 Å². The highest BCUT2D eigenvalue weighted by Gasteiger charge is 2.44. The van der Waals surface area contributed by atoms with Gasteiger partial charge in [-0.2, -0.15) is 0 Å². The van der Waals surface area contributed by atoms with Gasteiger partial charge in [0.25, 0.3) is 0 Å². The van der Waals surface area contributed by atoms with Gasteiger partial charge in [0.15, 0.2) is 5.78 Å². The Morgan fingerprint density at radius 1 is 1.07 bits per heavy atom. The van der Waals surface area contributed by atoms with Gasteiger partial charge in [0.05, 0.1) is 31.6 Å². The first-order valence-electron chi connectivity index (χ1n) is 9.65. The van der Waals surface area contributed by atoms with Crippen molar-refractivity contribution in [3.63, 3.8) is 0 Å². The van der Waals surface area contributed by atoms with Crippen molar-refractivity contribution >= 4 is 23.1 Å². The zero-order chi connectivity index (χ0) is 20.5. The van der Waals surface area contributed by atoms with Crippen LogP contribution in [0.25, 0.3) is 0 Å². The minimum Gasteiger partial charge on any atom is -0.497 e. The molecule has 2 aliphatic rings. The number of para-hydroxylation sites is 2. The largest absolute Gasteiger partial charge is 0.497 e. The number of Topliss-reactive ketones (excluding diaryl/α,β-unsaturated/α-hetero) is 1. The van der Waals surface area contributed by atoms with E-state index in [-0.39, 0.29) is 11.7 Å². The van der Waals surface area contributed by atoms with E-state index in [9.17, 15) is 9.59 Å². The van der Waals surface area contributed by atoms with Crippen LogP contribution >= 0.6 is 0 Å². The minimum atomic E-state index is -0.809. The molecule has 6 nitrogen and oxygen atoms in total. The molecule has 1 aliphatic heterocycles. The molecule has 0 fully saturated rings. The SMILES string of the molecule is COC(=O)[C@@H]1C(=O)C2=C(C[C@H]1C)Nc1ccccc1N[C@@H]2c1cccc(OC)c1. The van der Waals surface area contributed by atoms with Crippen molar-refractivity contribution in [2.24, 2.45) is 11.8 Å². The Labute approximate surface area is 169 Å². The number of benzene rings is 2. The summed E-state index contributed by atoms with van der Waals surface area (Å²) in [6.45, 7) is 1.91. The third kappa shape index (κ3) is 3.35. The van der Waals surface area contributed by atoms with E-state index in [1.165, 1.54) is 7.11 Å². The predicted molar refractivity (Wildman–Crippen MR) is 111 cm³/mol. The number of ether oxygens (including phenoxy) is 2. The molecule has 1 heterocycles. The van der Waals surface area contributed by atoms with Crippen LogP contribution in [-0.2, 0) is 14.3 Å². The van der Waals surface area contributed by atoms with Gasteiger partial charge in [-0.1, -0.05) is 31.2 Å². The Hall–Kier alpha value is -3.28. The number of ketones is 1. The second kappa shape index (κ2) is 7.62. The van der Waals surface area contributed by atoms with Crippen LogP contribution in [0.3, 0.4) is 0 Å². The van der Waals surface area contributed by atoms with E-state index in [0.29, 0.717) is 17.7 Å². The number of allylic oxidation sites excluding steroid dienone is 1. The maximum atomic E-state index is 13.5. The van der Waals surface area contributed by atoms with Crippen LogP contribution in [0.2, 0.25) is 0 Å². The number of nitrogens with one attached hydrogen (secondary N) is 2. The van der Waals surface area contributed by atoms with E-state index in [1.807, 2.05) is 55.5 Å². The van der Waals surface area contributed by atoms with Crippen LogP contribution in [0.5, 0.6) is 5.75 Å². The van der Waals surface area contributed by atoms with Crippen molar-refractivity contribution in [1.82, 2.24) is 0 Å². The fourth-order valence-corrected chi connectivity index (χ4v) is 4.20. The molecule has 0 unspecified atom stereocenters. The quantitative estimate of drug-likeness (QED) is 0.609. The molecule has 2 aromatic rings. The molecule has 0 spiro atoms. The molecule has 0 saturated carbocycles. The first-order chi connectivity index (χ1) is 14.0. The number of hydrogen-bond donors (Lipinski definition) is 2. The molecule has 4 rings (SSSR count). The highest BCUT2D eigenvalue weighted by molar-refractivity contribution is 6.11. The number of hydrogen-bond acceptors (Lipinski definition) is 6. The van der Waals surface area contributed by atoms with E-state index in [0.717, 1.165) is 22.6 Å². The molecule has 0 bridgehead atoms. The highest BCUT2D eigenvalue weighted by Crippen LogP contribution is 2.44. The standard InChI is InChI=1S/C23H24N2O4/c1-13-11-18-20(22(26)19(13)23(27)29-3)21(14-7-6-8-15(12-14)28-2)25-17-10-5-4-9-16(17)24-18/h4-10,12-13,19,21,24-25H,11H2,1-3H3/t13-,19+,21-/m1/s1. The van der Waals surface area contributed by atoms with Crippen molar-refractivity contribution in [3.8, 4) is 5.75 Å². The van der Waals surface area contributed by atoms with Gasteiger partial charge in [-0.05, 0) is 42.2 Å². The summed E-state index contributed by atoms with van der Waals surface area (Å²) in [5.74, 6) is -0.946. The van der Waals surface area contributed by atoms with Crippen molar-refractivity contribution in [2.75, 3.05) is 24.9 Å². The van der Waals surface area contributed by atoms with Crippen LogP contribution in [-0.4, -0.2) is 26.0 Å². The van der Waals surface area contributed by atoms with Gasteiger partial charge in [-0.3, -0.25) is 9.59 Å². The summed E-state index contributed by atoms with van der Waals surface area (Å²) in [4.78, 5) is 25.9. The molecule has 0 aromatic heterocycles. The average Bonchev–Trinajstić information content (AvgIpc) is 2.90. The van der Waals surface area contributed by atoms with Gasteiger partial charge in [0.2, 0.25) is 0 Å². The van der Waals surface area contributed by atoms with E-state index in [4.69, 9.17) is 9.47 Å². The van der Waals surface area contributed by atoms with Crippen LogP contribution in [0.15, 0.2) is 59.8 Å². The van der Waals surface area contributed by atoms with Crippen molar-refractivity contribution in [2.45, 2.75) is 19.4 Å². The summed E-state index contributed by atoms with van der Waals surface area (Å²) in [6.07, 6.45) is 0.581. The number of fused-ring (bicyclic) bond motifs is 1. The fraction of sp³-hybridized carbons (Fsp3) is 0.304. The number of methoxy groups -OCH3 is 2. The first kappa shape index (κ1) is 19.1. The second-order valence-electron chi connectivity index (χ2n) is 7.46. The minimum absolute atomic E-state index is 0.155. The Morgan fingerprint density at radius 3 is 2.55 bits per heavy atom. The first-order valence-corrected chi connectivity index (χ1v) is 9.65. The third-order valence-electron chi connectivity index (χ3n) is 5.65. The molecule has 0 saturated heterocycles. The van der Waals surface area contributed by atoms with Crippen molar-refractivity contribution < 1.29 is 19.1 Å². The normalized spacial score (nSPS) is 23.1. The highest BCUT2D eigenvalue weighted by atomic mass is 16.5. The fourth-order valence-electron chi connectivity index (χ4n) is 4.20. The summed E-state index contributed by atoms with van der Waals surface area (Å²) in [5.41, 5.74) is 4.10. The Kier molecular flexibility index (Phi) is 5.01. The average molecular weight is 392 g/mol. The predicted octanol–water partition coefficient (Wildman–Crippen LogP) is 3.93. The molecule has 1 aliphatic carbocycles. The monoisotopic (exact) mass is 392 g/mol. The topological polar surface area (TPSA) is 76.7 Å². The molecule has 150 valence electrons. The zero-order valence-corrected chi connectivity index (χ0v) is 16.7. The van der Waals surface area contributed by atoms with E-state index in [1.54, 1.807) is 7.11 Å². The number of carbonyl (C=O) groups excluding carboxylic acids is 2. The lowest BCUT2D eigenvalue weighted by Gasteiger charge is -2.32. The summed E-state index contributed by atoms with van der Waals surface area (Å²) in [6, 6.07) is 15.1. The number of rotatable bonds is 3. The number of esters is 1. The maximum absolute atomic E-state index is 13.5. The summed E-state index contributed by atoms with van der Waals surface area (Å²) in [7, 11) is 2.94. The molecule has 2 aromatic carbocycles. The smallest absolute Gasteiger partial charge is 0.316 e. The molecule has 3 atom stereocenters. The molecule has 0 amide bonds. The maximum Gasteiger partial charge on any atom is 0.316 e. The summed E-state index contributed by atoms with van der Waals surface area (Å²) >= 11 is 0. The Morgan fingerprint density at radius 2 is 1.83 bits per heavy atom. The third-order valence-corrected chi connectivity index (χ3v) is 5.65. The number of anilines is 2. The van der Waals surface area contributed by atoms with Gasteiger partial charge >= 0.3 is 5.97 Å². The molecule has 0 radical (unpaired) electrons. The van der Waals surface area contributed by atoms with Crippen LogP contribution in [0.1, 0.15) is 24.9 Å². The molecule has 29 heavy (non-hydrogen) atoms. The van der Waals surface area contributed by atoms with E-state index < -0.39 is 17.9 Å². The van der Waals surface area contributed by atoms with Crippen LogP contribution < -0.4 is 15.4 Å². The summed E-state index contributed by atoms with van der Waals surface area (Å²) < 4.78 is 10.3.